The van der Waals surface area contributed by atoms with Crippen LogP contribution in [0.1, 0.15) is 112 Å². The molecule has 0 saturated heterocycles. The molecular formula is C30H53NO3. The molecule has 4 nitrogen and oxygen atoms in total. The number of rotatable bonds is 9. The Labute approximate surface area is 209 Å². The summed E-state index contributed by atoms with van der Waals surface area (Å²) in [4.78, 5) is 10.8. The van der Waals surface area contributed by atoms with Crippen LogP contribution in [0.25, 0.3) is 0 Å². The fourth-order valence-corrected chi connectivity index (χ4v) is 9.75. The quantitative estimate of drug-likeness (QED) is 0.349. The van der Waals surface area contributed by atoms with Gasteiger partial charge in [0.2, 0.25) is 0 Å². The van der Waals surface area contributed by atoms with Gasteiger partial charge in [-0.05, 0) is 110 Å². The first-order chi connectivity index (χ1) is 16.1. The number of amides is 1. The number of ether oxygens (including phenoxy) is 2. The minimum Gasteiger partial charge on any atom is -0.447 e. The maximum Gasteiger partial charge on any atom is 0.404 e. The summed E-state index contributed by atoms with van der Waals surface area (Å²) in [6.45, 7) is 13.4. The van der Waals surface area contributed by atoms with E-state index < -0.39 is 6.09 Å². The monoisotopic (exact) mass is 475 g/mol. The number of primary amides is 1. The van der Waals surface area contributed by atoms with Gasteiger partial charge in [0, 0.05) is 0 Å². The van der Waals surface area contributed by atoms with E-state index >= 15 is 0 Å². The van der Waals surface area contributed by atoms with E-state index in [-0.39, 0.29) is 6.61 Å². The Morgan fingerprint density at radius 1 is 0.912 bits per heavy atom. The third-order valence-electron chi connectivity index (χ3n) is 11.5. The Morgan fingerprint density at radius 2 is 1.65 bits per heavy atom. The van der Waals surface area contributed by atoms with Gasteiger partial charge in [-0.2, -0.15) is 0 Å². The van der Waals surface area contributed by atoms with Crippen molar-refractivity contribution in [3.63, 3.8) is 0 Å². The summed E-state index contributed by atoms with van der Waals surface area (Å²) in [6.07, 6.45) is 16.2. The van der Waals surface area contributed by atoms with Crippen molar-refractivity contribution in [1.29, 1.82) is 0 Å². The summed E-state index contributed by atoms with van der Waals surface area (Å²) >= 11 is 0. The van der Waals surface area contributed by atoms with Crippen molar-refractivity contribution in [2.24, 2.45) is 58.0 Å². The van der Waals surface area contributed by atoms with Gasteiger partial charge in [-0.1, -0.05) is 53.9 Å². The molecule has 2 N–H and O–H groups in total. The second-order valence-electron chi connectivity index (χ2n) is 13.6. The Bertz CT molecular complexity index is 695. The molecule has 34 heavy (non-hydrogen) atoms. The Balaban J connectivity index is 1.35. The molecule has 0 heterocycles. The lowest BCUT2D eigenvalue weighted by Crippen LogP contribution is -2.54. The predicted molar refractivity (Wildman–Crippen MR) is 138 cm³/mol. The molecule has 9 atom stereocenters. The molecule has 0 aromatic heterocycles. The van der Waals surface area contributed by atoms with Crippen molar-refractivity contribution >= 4 is 6.09 Å². The summed E-state index contributed by atoms with van der Waals surface area (Å²) in [6, 6.07) is 0. The molecule has 4 aliphatic carbocycles. The van der Waals surface area contributed by atoms with Crippen LogP contribution in [-0.2, 0) is 9.47 Å². The summed E-state index contributed by atoms with van der Waals surface area (Å²) in [5, 5.41) is 0. The van der Waals surface area contributed by atoms with Crippen LogP contribution < -0.4 is 5.73 Å². The first kappa shape index (κ1) is 26.3. The highest BCUT2D eigenvalue weighted by Gasteiger charge is 2.60. The van der Waals surface area contributed by atoms with Crippen LogP contribution >= 0.6 is 0 Å². The first-order valence-electron chi connectivity index (χ1n) is 14.7. The molecule has 1 amide bonds. The molecule has 0 aromatic rings. The van der Waals surface area contributed by atoms with E-state index in [1.165, 1.54) is 70.6 Å². The number of carbonyl (C=O) groups excluding carboxylic acids is 1. The molecule has 0 bridgehead atoms. The highest BCUT2D eigenvalue weighted by atomic mass is 16.6. The zero-order valence-electron chi connectivity index (χ0n) is 22.8. The van der Waals surface area contributed by atoms with Crippen LogP contribution in [-0.4, -0.2) is 25.4 Å². The molecule has 4 aliphatic rings. The normalized spacial score (nSPS) is 42.5. The average molecular weight is 476 g/mol. The fraction of sp³-hybridized carbons (Fsp3) is 0.967. The Hall–Kier alpha value is -0.770. The summed E-state index contributed by atoms with van der Waals surface area (Å²) in [7, 11) is 0. The second-order valence-corrected chi connectivity index (χ2v) is 13.6. The lowest BCUT2D eigenvalue weighted by Gasteiger charge is -2.61. The highest BCUT2D eigenvalue weighted by Crippen LogP contribution is 2.68. The number of carbonyl (C=O) groups is 1. The standard InChI is InChI=1S/C30H53NO3/c1-20(2)7-6-8-21(3)25-11-12-26-24-10-9-22-19-23(33-17-18-34-28(31)32)13-15-29(22,4)27(24)14-16-30(25,26)5/h20-27H,6-19H2,1-5H3,(H2,31,32)/t21-,22+,23-,24-,25+,26-,27-,29-,30+/m0/s1. The number of nitrogens with two attached hydrogens (primary N) is 1. The van der Waals surface area contributed by atoms with Crippen molar-refractivity contribution in [2.75, 3.05) is 13.2 Å². The van der Waals surface area contributed by atoms with Gasteiger partial charge in [0.05, 0.1) is 12.7 Å². The van der Waals surface area contributed by atoms with Gasteiger partial charge in [-0.3, -0.25) is 0 Å². The summed E-state index contributed by atoms with van der Waals surface area (Å²) < 4.78 is 11.0. The molecule has 0 radical (unpaired) electrons. The fourth-order valence-electron chi connectivity index (χ4n) is 9.75. The lowest BCUT2D eigenvalue weighted by molar-refractivity contribution is -0.138. The van der Waals surface area contributed by atoms with E-state index in [2.05, 4.69) is 34.6 Å². The largest absolute Gasteiger partial charge is 0.447 e. The van der Waals surface area contributed by atoms with Crippen LogP contribution in [0.15, 0.2) is 0 Å². The van der Waals surface area contributed by atoms with Gasteiger partial charge in [0.25, 0.3) is 0 Å². The van der Waals surface area contributed by atoms with Crippen LogP contribution in [0.5, 0.6) is 0 Å². The zero-order valence-corrected chi connectivity index (χ0v) is 22.8. The van der Waals surface area contributed by atoms with Gasteiger partial charge in [-0.15, -0.1) is 0 Å². The van der Waals surface area contributed by atoms with Gasteiger partial charge in [-0.25, -0.2) is 4.79 Å². The van der Waals surface area contributed by atoms with Gasteiger partial charge < -0.3 is 15.2 Å². The Kier molecular flexibility index (Phi) is 8.27. The molecular weight excluding hydrogens is 422 g/mol. The average Bonchev–Trinajstić information content (AvgIpc) is 3.13. The van der Waals surface area contributed by atoms with Crippen molar-refractivity contribution < 1.29 is 14.3 Å². The smallest absolute Gasteiger partial charge is 0.404 e. The maximum absolute atomic E-state index is 10.8. The van der Waals surface area contributed by atoms with Crippen molar-refractivity contribution in [3.05, 3.63) is 0 Å². The topological polar surface area (TPSA) is 61.6 Å². The van der Waals surface area contributed by atoms with E-state index in [1.807, 2.05) is 0 Å². The van der Waals surface area contributed by atoms with Crippen molar-refractivity contribution in [3.8, 4) is 0 Å². The third-order valence-corrected chi connectivity index (χ3v) is 11.5. The molecule has 4 saturated carbocycles. The van der Waals surface area contributed by atoms with Gasteiger partial charge >= 0.3 is 6.09 Å². The van der Waals surface area contributed by atoms with E-state index in [9.17, 15) is 4.79 Å². The van der Waals surface area contributed by atoms with Crippen molar-refractivity contribution in [1.82, 2.24) is 0 Å². The second kappa shape index (κ2) is 10.7. The molecule has 196 valence electrons. The third kappa shape index (κ3) is 5.18. The van der Waals surface area contributed by atoms with Crippen LogP contribution in [0, 0.1) is 52.3 Å². The van der Waals surface area contributed by atoms with E-state index in [0.29, 0.717) is 23.5 Å². The van der Waals surface area contributed by atoms with Crippen LogP contribution in [0.2, 0.25) is 0 Å². The van der Waals surface area contributed by atoms with Crippen LogP contribution in [0.4, 0.5) is 4.79 Å². The SMILES string of the molecule is CC(C)CCC[C@H](C)[C@H]1CC[C@H]2[C@@H]3CC[C@@H]4C[C@@H](OCCOC(N)=O)CC[C@]4(C)[C@H]3CC[C@]12C. The van der Waals surface area contributed by atoms with Crippen LogP contribution in [0.3, 0.4) is 0 Å². The highest BCUT2D eigenvalue weighted by molar-refractivity contribution is 5.64. The maximum atomic E-state index is 10.8. The molecule has 0 aromatic carbocycles. The van der Waals surface area contributed by atoms with Gasteiger partial charge in [0.15, 0.2) is 0 Å². The molecule has 4 heteroatoms. The molecule has 0 aliphatic heterocycles. The predicted octanol–water partition coefficient (Wildman–Crippen LogP) is 7.59. The Morgan fingerprint density at radius 3 is 2.38 bits per heavy atom. The van der Waals surface area contributed by atoms with E-state index in [1.54, 1.807) is 0 Å². The minimum atomic E-state index is -0.707. The number of hydrogen-bond donors (Lipinski definition) is 1. The first-order valence-corrected chi connectivity index (χ1v) is 14.7. The molecule has 4 fully saturated rings. The molecule has 0 spiro atoms. The summed E-state index contributed by atoms with van der Waals surface area (Å²) in [5.74, 6) is 6.30. The molecule has 0 unspecified atom stereocenters. The number of fused-ring (bicyclic) bond motifs is 5. The lowest BCUT2D eigenvalue weighted by atomic mass is 9.44. The van der Waals surface area contributed by atoms with E-state index in [0.717, 1.165) is 47.8 Å². The summed E-state index contributed by atoms with van der Waals surface area (Å²) in [5.41, 5.74) is 6.15. The van der Waals surface area contributed by atoms with Gasteiger partial charge in [0.1, 0.15) is 6.61 Å². The molecule has 4 rings (SSSR count). The number of hydrogen-bond acceptors (Lipinski definition) is 3. The van der Waals surface area contributed by atoms with Crippen molar-refractivity contribution in [2.45, 2.75) is 118 Å². The van der Waals surface area contributed by atoms with E-state index in [4.69, 9.17) is 15.2 Å². The minimum absolute atomic E-state index is 0.274. The zero-order chi connectivity index (χ0) is 24.5.